The van der Waals surface area contributed by atoms with Gasteiger partial charge in [-0.1, -0.05) is 0 Å². The molecule has 0 bridgehead atoms. The van der Waals surface area contributed by atoms with E-state index in [1.54, 1.807) is 0 Å². The molecular formula is C9H17NOS2. The lowest BCUT2D eigenvalue weighted by Gasteiger charge is -2.38. The Morgan fingerprint density at radius 1 is 1.62 bits per heavy atom. The van der Waals surface area contributed by atoms with Gasteiger partial charge in [-0.05, 0) is 20.8 Å². The summed E-state index contributed by atoms with van der Waals surface area (Å²) in [4.78, 5) is 13.6. The lowest BCUT2D eigenvalue weighted by atomic mass is 10.2. The molecule has 0 spiro atoms. The lowest BCUT2D eigenvalue weighted by molar-refractivity contribution is -0.130. The lowest BCUT2D eigenvalue weighted by Crippen LogP contribution is -2.48. The first kappa shape index (κ1) is 11.2. The summed E-state index contributed by atoms with van der Waals surface area (Å²) >= 11 is 6.10. The van der Waals surface area contributed by atoms with Crippen LogP contribution in [0.1, 0.15) is 20.8 Å². The standard InChI is InChI=1S/C9H17NOS2/c1-7(12)8(11)10-4-5-13-9(2,3)6-10/h7,12H,4-6H2,1-3H3. The highest BCUT2D eigenvalue weighted by Gasteiger charge is 2.30. The molecular weight excluding hydrogens is 202 g/mol. The van der Waals surface area contributed by atoms with Crippen LogP contribution in [-0.4, -0.2) is 39.6 Å². The number of carbonyl (C=O) groups excluding carboxylic acids is 1. The number of hydrogen-bond acceptors (Lipinski definition) is 3. The van der Waals surface area contributed by atoms with Crippen molar-refractivity contribution >= 4 is 30.3 Å². The molecule has 0 aromatic rings. The van der Waals surface area contributed by atoms with E-state index in [9.17, 15) is 4.79 Å². The zero-order chi connectivity index (χ0) is 10.1. The average Bonchev–Trinajstić information content (AvgIpc) is 2.01. The van der Waals surface area contributed by atoms with Crippen molar-refractivity contribution in [2.45, 2.75) is 30.8 Å². The van der Waals surface area contributed by atoms with Gasteiger partial charge in [0, 0.05) is 23.6 Å². The van der Waals surface area contributed by atoms with Crippen LogP contribution in [0.2, 0.25) is 0 Å². The Morgan fingerprint density at radius 2 is 2.23 bits per heavy atom. The number of thioether (sulfide) groups is 1. The molecule has 1 rings (SSSR count). The summed E-state index contributed by atoms with van der Waals surface area (Å²) < 4.78 is 0.205. The molecule has 1 unspecified atom stereocenters. The summed E-state index contributed by atoms with van der Waals surface area (Å²) in [7, 11) is 0. The van der Waals surface area contributed by atoms with Gasteiger partial charge in [-0.25, -0.2) is 0 Å². The van der Waals surface area contributed by atoms with Gasteiger partial charge in [-0.3, -0.25) is 4.79 Å². The van der Waals surface area contributed by atoms with E-state index in [2.05, 4.69) is 26.5 Å². The summed E-state index contributed by atoms with van der Waals surface area (Å²) in [6.45, 7) is 7.92. The fourth-order valence-corrected chi connectivity index (χ4v) is 2.74. The summed E-state index contributed by atoms with van der Waals surface area (Å²) in [6, 6.07) is 0. The fourth-order valence-electron chi connectivity index (χ4n) is 1.47. The van der Waals surface area contributed by atoms with Gasteiger partial charge in [0.1, 0.15) is 0 Å². The first-order chi connectivity index (χ1) is 5.92. The normalized spacial score (nSPS) is 24.2. The Balaban J connectivity index is 2.57. The highest BCUT2D eigenvalue weighted by molar-refractivity contribution is 8.00. The Kier molecular flexibility index (Phi) is 3.57. The Bertz CT molecular complexity index is 204. The third-order valence-corrected chi connectivity index (χ3v) is 3.61. The highest BCUT2D eigenvalue weighted by atomic mass is 32.2. The quantitative estimate of drug-likeness (QED) is 0.677. The highest BCUT2D eigenvalue weighted by Crippen LogP contribution is 2.29. The van der Waals surface area contributed by atoms with Crippen molar-refractivity contribution in [1.29, 1.82) is 0 Å². The van der Waals surface area contributed by atoms with E-state index < -0.39 is 0 Å². The topological polar surface area (TPSA) is 20.3 Å². The zero-order valence-corrected chi connectivity index (χ0v) is 10.1. The van der Waals surface area contributed by atoms with Crippen LogP contribution in [0.3, 0.4) is 0 Å². The van der Waals surface area contributed by atoms with Crippen molar-refractivity contribution in [3.05, 3.63) is 0 Å². The average molecular weight is 219 g/mol. The van der Waals surface area contributed by atoms with Crippen molar-refractivity contribution in [2.75, 3.05) is 18.8 Å². The van der Waals surface area contributed by atoms with E-state index in [0.29, 0.717) is 0 Å². The third-order valence-electron chi connectivity index (χ3n) is 2.09. The maximum Gasteiger partial charge on any atom is 0.235 e. The second-order valence-corrected chi connectivity index (χ2v) is 6.62. The summed E-state index contributed by atoms with van der Waals surface area (Å²) in [6.07, 6.45) is 0. The Morgan fingerprint density at radius 3 is 2.69 bits per heavy atom. The first-order valence-corrected chi connectivity index (χ1v) is 6.03. The fraction of sp³-hybridized carbons (Fsp3) is 0.889. The smallest absolute Gasteiger partial charge is 0.235 e. The van der Waals surface area contributed by atoms with E-state index in [0.717, 1.165) is 18.8 Å². The van der Waals surface area contributed by atoms with Crippen molar-refractivity contribution in [3.63, 3.8) is 0 Å². The summed E-state index contributed by atoms with van der Waals surface area (Å²) in [5, 5.41) is -0.168. The monoisotopic (exact) mass is 219 g/mol. The second-order valence-electron chi connectivity index (χ2n) is 4.04. The van der Waals surface area contributed by atoms with Gasteiger partial charge in [0.15, 0.2) is 0 Å². The van der Waals surface area contributed by atoms with Crippen molar-refractivity contribution in [3.8, 4) is 0 Å². The Hall–Kier alpha value is 0.170. The van der Waals surface area contributed by atoms with Crippen LogP contribution < -0.4 is 0 Å². The van der Waals surface area contributed by atoms with Crippen molar-refractivity contribution in [2.24, 2.45) is 0 Å². The molecule has 1 atom stereocenters. The minimum Gasteiger partial charge on any atom is -0.340 e. The van der Waals surface area contributed by atoms with E-state index in [4.69, 9.17) is 0 Å². The number of amides is 1. The molecule has 1 aliphatic heterocycles. The van der Waals surface area contributed by atoms with Crippen LogP contribution in [-0.2, 0) is 4.79 Å². The van der Waals surface area contributed by atoms with Gasteiger partial charge in [-0.2, -0.15) is 24.4 Å². The molecule has 76 valence electrons. The molecule has 0 radical (unpaired) electrons. The SMILES string of the molecule is CC(S)C(=O)N1CCSC(C)(C)C1. The van der Waals surface area contributed by atoms with Gasteiger partial charge >= 0.3 is 0 Å². The summed E-state index contributed by atoms with van der Waals surface area (Å²) in [5.74, 6) is 1.20. The molecule has 1 fully saturated rings. The molecule has 4 heteroatoms. The second kappa shape index (κ2) is 4.13. The van der Waals surface area contributed by atoms with Gasteiger partial charge in [-0.15, -0.1) is 0 Å². The number of nitrogens with zero attached hydrogens (tertiary/aromatic N) is 1. The molecule has 0 saturated carbocycles. The maximum absolute atomic E-state index is 11.6. The molecule has 0 aliphatic carbocycles. The van der Waals surface area contributed by atoms with Crippen LogP contribution in [0.25, 0.3) is 0 Å². The number of carbonyl (C=O) groups is 1. The van der Waals surface area contributed by atoms with Gasteiger partial charge in [0.2, 0.25) is 5.91 Å². The van der Waals surface area contributed by atoms with Gasteiger partial charge in [0.25, 0.3) is 0 Å². The van der Waals surface area contributed by atoms with Crippen LogP contribution in [0.5, 0.6) is 0 Å². The van der Waals surface area contributed by atoms with Crippen LogP contribution in [0.4, 0.5) is 0 Å². The predicted molar refractivity (Wildman–Crippen MR) is 61.6 cm³/mol. The molecule has 0 N–H and O–H groups in total. The predicted octanol–water partition coefficient (Wildman–Crippen LogP) is 1.66. The minimum atomic E-state index is -0.168. The summed E-state index contributed by atoms with van der Waals surface area (Å²) in [5.41, 5.74) is 0. The van der Waals surface area contributed by atoms with Gasteiger partial charge in [0.05, 0.1) is 5.25 Å². The Labute approximate surface area is 89.9 Å². The third kappa shape index (κ3) is 3.09. The molecule has 1 aliphatic rings. The van der Waals surface area contributed by atoms with Crippen LogP contribution >= 0.6 is 24.4 Å². The van der Waals surface area contributed by atoms with Crippen LogP contribution in [0, 0.1) is 0 Å². The molecule has 1 saturated heterocycles. The maximum atomic E-state index is 11.6. The largest absolute Gasteiger partial charge is 0.340 e. The molecule has 2 nitrogen and oxygen atoms in total. The van der Waals surface area contributed by atoms with Crippen molar-refractivity contribution in [1.82, 2.24) is 4.90 Å². The molecule has 0 aromatic carbocycles. The van der Waals surface area contributed by atoms with Crippen molar-refractivity contribution < 1.29 is 4.79 Å². The molecule has 0 aromatic heterocycles. The number of hydrogen-bond donors (Lipinski definition) is 1. The van der Waals surface area contributed by atoms with Gasteiger partial charge < -0.3 is 4.90 Å². The molecule has 1 amide bonds. The molecule has 13 heavy (non-hydrogen) atoms. The van der Waals surface area contributed by atoms with E-state index in [1.165, 1.54) is 0 Å². The van der Waals surface area contributed by atoms with E-state index in [-0.39, 0.29) is 15.9 Å². The van der Waals surface area contributed by atoms with Crippen LogP contribution in [0.15, 0.2) is 0 Å². The number of rotatable bonds is 1. The number of thiol groups is 1. The first-order valence-electron chi connectivity index (χ1n) is 4.53. The molecule has 1 heterocycles. The minimum absolute atomic E-state index is 0.164. The zero-order valence-electron chi connectivity index (χ0n) is 8.41. The van der Waals surface area contributed by atoms with E-state index >= 15 is 0 Å². The van der Waals surface area contributed by atoms with E-state index in [1.807, 2.05) is 23.6 Å².